The van der Waals surface area contributed by atoms with Crippen LogP contribution < -0.4 is 0 Å². The Labute approximate surface area is 134 Å². The highest BCUT2D eigenvalue weighted by atomic mass is 32.2. The van der Waals surface area contributed by atoms with E-state index >= 15 is 0 Å². The molecule has 0 radical (unpaired) electrons. The molecule has 1 aromatic heterocycles. The molecule has 1 aromatic rings. The Balaban J connectivity index is 1.92. The SMILES string of the molecule is Cc1ccnc([S@](=O)C2CCN(C(=O)OC(C)(C)C)CC2)c1. The third kappa shape index (κ3) is 4.53. The average Bonchev–Trinajstić information content (AvgIpc) is 2.45. The van der Waals surface area contributed by atoms with Crippen molar-refractivity contribution >= 4 is 16.9 Å². The standard InChI is InChI=1S/C16H24N2O3S/c1-12-5-8-17-14(11-12)22(20)13-6-9-18(10-7-13)15(19)21-16(2,3)4/h5,8,11,13H,6-7,9-10H2,1-4H3/t22-/m1/s1. The fourth-order valence-corrected chi connectivity index (χ4v) is 3.82. The van der Waals surface area contributed by atoms with Gasteiger partial charge in [-0.15, -0.1) is 0 Å². The Bertz CT molecular complexity index is 561. The molecule has 0 N–H and O–H groups in total. The summed E-state index contributed by atoms with van der Waals surface area (Å²) in [5.41, 5.74) is 0.576. The lowest BCUT2D eigenvalue weighted by Gasteiger charge is -2.32. The molecule has 0 spiro atoms. The minimum atomic E-state index is -1.12. The fraction of sp³-hybridized carbons (Fsp3) is 0.625. The first-order chi connectivity index (χ1) is 10.3. The Kier molecular flexibility index (Phi) is 5.21. The predicted molar refractivity (Wildman–Crippen MR) is 86.2 cm³/mol. The first kappa shape index (κ1) is 16.9. The molecule has 0 bridgehead atoms. The van der Waals surface area contributed by atoms with Crippen LogP contribution in [0.5, 0.6) is 0 Å². The second kappa shape index (κ2) is 6.77. The Hall–Kier alpha value is -1.43. The number of rotatable bonds is 2. The van der Waals surface area contributed by atoms with Crippen LogP contribution in [-0.4, -0.2) is 44.1 Å². The molecule has 1 fully saturated rings. The molecule has 1 atom stereocenters. The summed E-state index contributed by atoms with van der Waals surface area (Å²) in [6.45, 7) is 8.70. The number of carbonyl (C=O) groups excluding carboxylic acids is 1. The first-order valence-electron chi connectivity index (χ1n) is 7.57. The maximum atomic E-state index is 12.6. The summed E-state index contributed by atoms with van der Waals surface area (Å²) >= 11 is 0. The smallest absolute Gasteiger partial charge is 0.410 e. The van der Waals surface area contributed by atoms with Crippen molar-refractivity contribution in [1.29, 1.82) is 0 Å². The molecule has 0 aromatic carbocycles. The summed E-state index contributed by atoms with van der Waals surface area (Å²) in [5.74, 6) is 0. The average molecular weight is 324 g/mol. The first-order valence-corrected chi connectivity index (χ1v) is 8.79. The van der Waals surface area contributed by atoms with Gasteiger partial charge in [-0.25, -0.2) is 9.78 Å². The summed E-state index contributed by atoms with van der Waals surface area (Å²) in [4.78, 5) is 17.9. The predicted octanol–water partition coefficient (Wildman–Crippen LogP) is 2.90. The van der Waals surface area contributed by atoms with Crippen LogP contribution in [-0.2, 0) is 15.5 Å². The quantitative estimate of drug-likeness (QED) is 0.839. The fourth-order valence-electron chi connectivity index (χ4n) is 2.37. The van der Waals surface area contributed by atoms with Gasteiger partial charge in [0.25, 0.3) is 0 Å². The van der Waals surface area contributed by atoms with Crippen LogP contribution in [0.2, 0.25) is 0 Å². The third-order valence-electron chi connectivity index (χ3n) is 3.49. The van der Waals surface area contributed by atoms with Gasteiger partial charge in [-0.2, -0.15) is 0 Å². The normalized spacial score (nSPS) is 18.1. The highest BCUT2D eigenvalue weighted by molar-refractivity contribution is 7.85. The van der Waals surface area contributed by atoms with E-state index in [1.807, 2.05) is 39.8 Å². The van der Waals surface area contributed by atoms with Crippen molar-refractivity contribution in [3.63, 3.8) is 0 Å². The second-order valence-electron chi connectivity index (χ2n) is 6.64. The molecule has 1 amide bonds. The van der Waals surface area contributed by atoms with Crippen molar-refractivity contribution in [2.45, 2.75) is 56.4 Å². The van der Waals surface area contributed by atoms with Crippen LogP contribution in [0.15, 0.2) is 23.4 Å². The lowest BCUT2D eigenvalue weighted by molar-refractivity contribution is 0.0218. The maximum Gasteiger partial charge on any atom is 0.410 e. The zero-order valence-electron chi connectivity index (χ0n) is 13.7. The Morgan fingerprint density at radius 1 is 1.36 bits per heavy atom. The number of hydrogen-bond acceptors (Lipinski definition) is 4. The number of aromatic nitrogens is 1. The third-order valence-corrected chi connectivity index (χ3v) is 5.21. The number of hydrogen-bond donors (Lipinski definition) is 0. The molecule has 1 saturated heterocycles. The van der Waals surface area contributed by atoms with E-state index in [2.05, 4.69) is 4.98 Å². The summed E-state index contributed by atoms with van der Waals surface area (Å²) < 4.78 is 17.9. The second-order valence-corrected chi connectivity index (χ2v) is 8.32. The van der Waals surface area contributed by atoms with E-state index in [1.54, 1.807) is 11.1 Å². The van der Waals surface area contributed by atoms with E-state index in [4.69, 9.17) is 4.74 Å². The van der Waals surface area contributed by atoms with Crippen LogP contribution >= 0.6 is 0 Å². The van der Waals surface area contributed by atoms with Crippen molar-refractivity contribution in [2.75, 3.05) is 13.1 Å². The zero-order valence-corrected chi connectivity index (χ0v) is 14.5. The van der Waals surface area contributed by atoms with Crippen molar-refractivity contribution < 1.29 is 13.7 Å². The van der Waals surface area contributed by atoms with E-state index in [0.29, 0.717) is 31.0 Å². The monoisotopic (exact) mass is 324 g/mol. The summed E-state index contributed by atoms with van der Waals surface area (Å²) in [5, 5.41) is 0.684. The molecule has 2 heterocycles. The Morgan fingerprint density at radius 3 is 2.55 bits per heavy atom. The summed E-state index contributed by atoms with van der Waals surface area (Å²) in [7, 11) is -1.12. The summed E-state index contributed by atoms with van der Waals surface area (Å²) in [6.07, 6.45) is 2.83. The topological polar surface area (TPSA) is 59.5 Å². The van der Waals surface area contributed by atoms with Crippen molar-refractivity contribution in [2.24, 2.45) is 0 Å². The molecule has 122 valence electrons. The van der Waals surface area contributed by atoms with Gasteiger partial charge >= 0.3 is 6.09 Å². The molecule has 0 aliphatic carbocycles. The molecular formula is C16H24N2O3S. The van der Waals surface area contributed by atoms with Gasteiger partial charge < -0.3 is 9.64 Å². The van der Waals surface area contributed by atoms with Gasteiger partial charge in [-0.3, -0.25) is 4.21 Å². The number of aryl methyl sites for hydroxylation is 1. The molecule has 0 saturated carbocycles. The molecule has 1 aliphatic heterocycles. The molecular weight excluding hydrogens is 300 g/mol. The van der Waals surface area contributed by atoms with Crippen molar-refractivity contribution in [3.05, 3.63) is 23.9 Å². The number of pyridine rings is 1. The molecule has 1 aliphatic rings. The molecule has 22 heavy (non-hydrogen) atoms. The van der Waals surface area contributed by atoms with E-state index in [0.717, 1.165) is 5.56 Å². The number of carbonyl (C=O) groups is 1. The van der Waals surface area contributed by atoms with Gasteiger partial charge in [0.1, 0.15) is 10.6 Å². The molecule has 2 rings (SSSR count). The van der Waals surface area contributed by atoms with Crippen LogP contribution in [0.3, 0.4) is 0 Å². The van der Waals surface area contributed by atoms with Gasteiger partial charge in [-0.05, 0) is 58.2 Å². The van der Waals surface area contributed by atoms with E-state index in [1.165, 1.54) is 0 Å². The summed E-state index contributed by atoms with van der Waals surface area (Å²) in [6, 6.07) is 3.77. The Morgan fingerprint density at radius 2 is 2.00 bits per heavy atom. The number of nitrogens with zero attached hydrogens (tertiary/aromatic N) is 2. The van der Waals surface area contributed by atoms with Gasteiger partial charge in [0, 0.05) is 24.5 Å². The van der Waals surface area contributed by atoms with E-state index in [-0.39, 0.29) is 11.3 Å². The van der Waals surface area contributed by atoms with Crippen LogP contribution in [0.4, 0.5) is 4.79 Å². The van der Waals surface area contributed by atoms with Crippen molar-refractivity contribution in [3.8, 4) is 0 Å². The van der Waals surface area contributed by atoms with Crippen LogP contribution in [0.1, 0.15) is 39.2 Å². The van der Waals surface area contributed by atoms with E-state index < -0.39 is 16.4 Å². The highest BCUT2D eigenvalue weighted by Gasteiger charge is 2.30. The van der Waals surface area contributed by atoms with Gasteiger partial charge in [0.05, 0.1) is 10.8 Å². The highest BCUT2D eigenvalue weighted by Crippen LogP contribution is 2.22. The van der Waals surface area contributed by atoms with Crippen LogP contribution in [0, 0.1) is 6.92 Å². The number of piperidine rings is 1. The minimum absolute atomic E-state index is 0.0491. The molecule has 5 nitrogen and oxygen atoms in total. The lowest BCUT2D eigenvalue weighted by atomic mass is 10.1. The maximum absolute atomic E-state index is 12.6. The molecule has 6 heteroatoms. The minimum Gasteiger partial charge on any atom is -0.444 e. The number of ether oxygens (including phenoxy) is 1. The zero-order chi connectivity index (χ0) is 16.3. The number of likely N-dealkylation sites (tertiary alicyclic amines) is 1. The number of amides is 1. The van der Waals surface area contributed by atoms with Gasteiger partial charge in [0.15, 0.2) is 0 Å². The van der Waals surface area contributed by atoms with Crippen LogP contribution in [0.25, 0.3) is 0 Å². The van der Waals surface area contributed by atoms with Gasteiger partial charge in [-0.1, -0.05) is 0 Å². The van der Waals surface area contributed by atoms with E-state index in [9.17, 15) is 9.00 Å². The van der Waals surface area contributed by atoms with Gasteiger partial charge in [0.2, 0.25) is 0 Å². The largest absolute Gasteiger partial charge is 0.444 e. The lowest BCUT2D eigenvalue weighted by Crippen LogP contribution is -2.43. The van der Waals surface area contributed by atoms with Crippen molar-refractivity contribution in [1.82, 2.24) is 9.88 Å². The molecule has 0 unspecified atom stereocenters.